The Balaban J connectivity index is 1.48. The lowest BCUT2D eigenvalue weighted by Crippen LogP contribution is -2.44. The fraction of sp³-hybridized carbons (Fsp3) is 0.304. The van der Waals surface area contributed by atoms with Gasteiger partial charge in [0.15, 0.2) is 0 Å². The van der Waals surface area contributed by atoms with E-state index in [9.17, 15) is 4.79 Å². The summed E-state index contributed by atoms with van der Waals surface area (Å²) in [5.41, 5.74) is 4.46. The second-order valence-corrected chi connectivity index (χ2v) is 7.40. The van der Waals surface area contributed by atoms with E-state index in [0.717, 1.165) is 49.7 Å². The van der Waals surface area contributed by atoms with Gasteiger partial charge in [-0.2, -0.15) is 5.10 Å². The average Bonchev–Trinajstić information content (AvgIpc) is 3.20. The second-order valence-electron chi connectivity index (χ2n) is 7.40. The minimum atomic E-state index is -0.128. The number of hydrogen-bond acceptors (Lipinski definition) is 4. The lowest BCUT2D eigenvalue weighted by molar-refractivity contribution is 0.102. The fourth-order valence-corrected chi connectivity index (χ4v) is 3.71. The summed E-state index contributed by atoms with van der Waals surface area (Å²) in [7, 11) is 2.15. The van der Waals surface area contributed by atoms with Crippen LogP contribution in [0.3, 0.4) is 0 Å². The van der Waals surface area contributed by atoms with Crippen molar-refractivity contribution in [2.75, 3.05) is 43.4 Å². The van der Waals surface area contributed by atoms with Crippen LogP contribution < -0.4 is 10.2 Å². The van der Waals surface area contributed by atoms with Crippen LogP contribution in [0.2, 0.25) is 0 Å². The zero-order valence-corrected chi connectivity index (χ0v) is 17.0. The summed E-state index contributed by atoms with van der Waals surface area (Å²) in [4.78, 5) is 17.6. The predicted molar refractivity (Wildman–Crippen MR) is 117 cm³/mol. The van der Waals surface area contributed by atoms with Gasteiger partial charge >= 0.3 is 0 Å². The number of nitrogens with zero attached hydrogens (tertiary/aromatic N) is 4. The number of rotatable bonds is 5. The molecule has 0 aliphatic carbocycles. The molecular weight excluding hydrogens is 362 g/mol. The van der Waals surface area contributed by atoms with Crippen molar-refractivity contribution in [2.24, 2.45) is 0 Å². The molecule has 150 valence electrons. The molecule has 1 fully saturated rings. The van der Waals surface area contributed by atoms with Gasteiger partial charge in [0, 0.05) is 37.6 Å². The van der Waals surface area contributed by atoms with E-state index >= 15 is 0 Å². The van der Waals surface area contributed by atoms with Crippen molar-refractivity contribution in [3.05, 3.63) is 72.1 Å². The molecule has 1 aliphatic heterocycles. The fourth-order valence-electron chi connectivity index (χ4n) is 3.71. The Morgan fingerprint density at radius 1 is 0.966 bits per heavy atom. The quantitative estimate of drug-likeness (QED) is 0.726. The Morgan fingerprint density at radius 3 is 2.31 bits per heavy atom. The molecule has 2 aromatic carbocycles. The standard InChI is InChI=1S/C23H27N5O/c1-3-22-21(17-24-28(22)20-7-5-4-6-8-20)23(29)25-18-9-11-19(12-10-18)27-15-13-26(2)14-16-27/h4-12,17H,3,13-16H2,1-2H3,(H,25,29). The van der Waals surface area contributed by atoms with E-state index in [2.05, 4.69) is 39.4 Å². The van der Waals surface area contributed by atoms with E-state index in [0.29, 0.717) is 5.56 Å². The molecule has 6 nitrogen and oxygen atoms in total. The van der Waals surface area contributed by atoms with Crippen LogP contribution >= 0.6 is 0 Å². The van der Waals surface area contributed by atoms with Gasteiger partial charge in [0.25, 0.3) is 5.91 Å². The minimum absolute atomic E-state index is 0.128. The molecule has 1 amide bonds. The first-order valence-corrected chi connectivity index (χ1v) is 10.1. The van der Waals surface area contributed by atoms with Gasteiger partial charge in [0.2, 0.25) is 0 Å². The highest BCUT2D eigenvalue weighted by Crippen LogP contribution is 2.21. The number of likely N-dealkylation sites (N-methyl/N-ethyl adjacent to an activating group) is 1. The molecule has 0 spiro atoms. The molecule has 1 aliphatic rings. The smallest absolute Gasteiger partial charge is 0.259 e. The van der Waals surface area contributed by atoms with Crippen LogP contribution in [-0.2, 0) is 6.42 Å². The van der Waals surface area contributed by atoms with Crippen LogP contribution in [-0.4, -0.2) is 53.8 Å². The largest absolute Gasteiger partial charge is 0.369 e. The molecule has 0 atom stereocenters. The number of nitrogens with one attached hydrogen (secondary N) is 1. The zero-order valence-electron chi connectivity index (χ0n) is 17.0. The topological polar surface area (TPSA) is 53.4 Å². The summed E-state index contributed by atoms with van der Waals surface area (Å²) in [6.07, 6.45) is 2.37. The second kappa shape index (κ2) is 8.49. The third-order valence-electron chi connectivity index (χ3n) is 5.44. The van der Waals surface area contributed by atoms with Gasteiger partial charge in [-0.1, -0.05) is 25.1 Å². The summed E-state index contributed by atoms with van der Waals surface area (Å²) in [5.74, 6) is -0.128. The highest BCUT2D eigenvalue weighted by Gasteiger charge is 2.18. The summed E-state index contributed by atoms with van der Waals surface area (Å²) in [5, 5.41) is 7.46. The SMILES string of the molecule is CCc1c(C(=O)Nc2ccc(N3CCN(C)CC3)cc2)cnn1-c1ccccc1. The minimum Gasteiger partial charge on any atom is -0.369 e. The maximum atomic E-state index is 12.9. The zero-order chi connectivity index (χ0) is 20.2. The van der Waals surface area contributed by atoms with Gasteiger partial charge < -0.3 is 15.1 Å². The number of aromatic nitrogens is 2. The molecule has 1 aromatic heterocycles. The molecule has 29 heavy (non-hydrogen) atoms. The van der Waals surface area contributed by atoms with E-state index in [1.807, 2.05) is 54.1 Å². The molecular formula is C23H27N5O. The van der Waals surface area contributed by atoms with Crippen LogP contribution in [0.5, 0.6) is 0 Å². The van der Waals surface area contributed by atoms with Gasteiger partial charge in [-0.25, -0.2) is 4.68 Å². The van der Waals surface area contributed by atoms with Gasteiger partial charge in [0.05, 0.1) is 23.1 Å². The van der Waals surface area contributed by atoms with Crippen LogP contribution in [0.1, 0.15) is 23.0 Å². The van der Waals surface area contributed by atoms with Crippen LogP contribution in [0.4, 0.5) is 11.4 Å². The van der Waals surface area contributed by atoms with Crippen molar-refractivity contribution in [3.8, 4) is 5.69 Å². The van der Waals surface area contributed by atoms with Crippen molar-refractivity contribution in [3.63, 3.8) is 0 Å². The van der Waals surface area contributed by atoms with Gasteiger partial charge in [-0.15, -0.1) is 0 Å². The molecule has 3 aromatic rings. The monoisotopic (exact) mass is 389 g/mol. The first kappa shape index (κ1) is 19.2. The molecule has 1 saturated heterocycles. The number of carbonyl (C=O) groups excluding carboxylic acids is 1. The normalized spacial score (nSPS) is 14.8. The average molecular weight is 390 g/mol. The highest BCUT2D eigenvalue weighted by molar-refractivity contribution is 6.05. The van der Waals surface area contributed by atoms with E-state index in [-0.39, 0.29) is 5.91 Å². The molecule has 1 N–H and O–H groups in total. The van der Waals surface area contributed by atoms with E-state index < -0.39 is 0 Å². The van der Waals surface area contributed by atoms with Crippen molar-refractivity contribution < 1.29 is 4.79 Å². The van der Waals surface area contributed by atoms with Gasteiger partial charge in [-0.05, 0) is 49.9 Å². The number of anilines is 2. The third-order valence-corrected chi connectivity index (χ3v) is 5.44. The number of piperazine rings is 1. The number of benzene rings is 2. The summed E-state index contributed by atoms with van der Waals surface area (Å²) in [6.45, 7) is 6.24. The molecule has 0 radical (unpaired) electrons. The number of amides is 1. The van der Waals surface area contributed by atoms with E-state index in [1.54, 1.807) is 6.20 Å². The Bertz CT molecular complexity index is 957. The van der Waals surface area contributed by atoms with Crippen molar-refractivity contribution in [1.29, 1.82) is 0 Å². The van der Waals surface area contributed by atoms with Crippen molar-refractivity contribution in [1.82, 2.24) is 14.7 Å². The number of carbonyl (C=O) groups is 1. The summed E-state index contributed by atoms with van der Waals surface area (Å²) in [6, 6.07) is 18.0. The maximum Gasteiger partial charge on any atom is 0.259 e. The van der Waals surface area contributed by atoms with E-state index in [1.165, 1.54) is 5.69 Å². The number of hydrogen-bond donors (Lipinski definition) is 1. The van der Waals surface area contributed by atoms with Gasteiger partial charge in [-0.3, -0.25) is 4.79 Å². The van der Waals surface area contributed by atoms with Crippen LogP contribution in [0, 0.1) is 0 Å². The third kappa shape index (κ3) is 4.17. The molecule has 2 heterocycles. The number of para-hydroxylation sites is 1. The molecule has 0 saturated carbocycles. The molecule has 6 heteroatoms. The van der Waals surface area contributed by atoms with Crippen molar-refractivity contribution in [2.45, 2.75) is 13.3 Å². The first-order valence-electron chi connectivity index (χ1n) is 10.1. The van der Waals surface area contributed by atoms with E-state index in [4.69, 9.17) is 0 Å². The van der Waals surface area contributed by atoms with Crippen molar-refractivity contribution >= 4 is 17.3 Å². The lowest BCUT2D eigenvalue weighted by atomic mass is 10.1. The lowest BCUT2D eigenvalue weighted by Gasteiger charge is -2.34. The predicted octanol–water partition coefficient (Wildman–Crippen LogP) is 3.44. The van der Waals surface area contributed by atoms with Crippen LogP contribution in [0.15, 0.2) is 60.8 Å². The van der Waals surface area contributed by atoms with Crippen LogP contribution in [0.25, 0.3) is 5.69 Å². The highest BCUT2D eigenvalue weighted by atomic mass is 16.1. The first-order chi connectivity index (χ1) is 14.2. The molecule has 0 bridgehead atoms. The maximum absolute atomic E-state index is 12.9. The molecule has 4 rings (SSSR count). The Kier molecular flexibility index (Phi) is 5.62. The Hall–Kier alpha value is -3.12. The van der Waals surface area contributed by atoms with Gasteiger partial charge in [0.1, 0.15) is 0 Å². The summed E-state index contributed by atoms with van der Waals surface area (Å²) < 4.78 is 1.84. The Morgan fingerprint density at radius 2 is 1.66 bits per heavy atom. The Labute approximate surface area is 171 Å². The summed E-state index contributed by atoms with van der Waals surface area (Å²) >= 11 is 0. The molecule has 0 unspecified atom stereocenters.